The maximum atomic E-state index is 6.01. The molecule has 1 radical (unpaired) electrons. The van der Waals surface area contributed by atoms with Crippen molar-refractivity contribution in [3.8, 4) is 56.2 Å². The normalized spacial score (nSPS) is 10.4. The number of nitrogens with zero attached hydrogens (tertiary/aromatic N) is 3. The number of benzene rings is 4. The molecule has 0 aliphatic rings. The van der Waals surface area contributed by atoms with E-state index in [0.29, 0.717) is 0 Å². The molecule has 0 amide bonds. The van der Waals surface area contributed by atoms with Gasteiger partial charge < -0.3 is 14.4 Å². The molecule has 8 rings (SSSR count). The maximum Gasteiger partial charge on any atom is 0.153 e. The molecular weight excluding hydrogens is 743 g/mol. The first-order chi connectivity index (χ1) is 22.3. The molecule has 4 aromatic carbocycles. The molecule has 4 heterocycles. The molecule has 0 spiro atoms. The Kier molecular flexibility index (Phi) is 9.65. The van der Waals surface area contributed by atoms with E-state index in [0.717, 1.165) is 61.6 Å². The van der Waals surface area contributed by atoms with Crippen LogP contribution in [0.5, 0.6) is 0 Å². The minimum Gasteiger partial charge on any atom is -0.454 e. The first-order valence-corrected chi connectivity index (χ1v) is 14.7. The average Bonchev–Trinajstić information content (AvgIpc) is 3.57. The molecule has 0 N–H and O–H groups in total. The molecule has 0 aliphatic heterocycles. The van der Waals surface area contributed by atoms with E-state index in [1.807, 2.05) is 109 Å². The zero-order valence-corrected chi connectivity index (χ0v) is 27.1. The van der Waals surface area contributed by atoms with Gasteiger partial charge in [0.2, 0.25) is 0 Å². The second-order valence-electron chi connectivity index (χ2n) is 10.4. The van der Waals surface area contributed by atoms with E-state index in [2.05, 4.69) is 69.5 Å². The Morgan fingerprint density at radius 3 is 1.89 bits per heavy atom. The van der Waals surface area contributed by atoms with Crippen molar-refractivity contribution in [3.63, 3.8) is 0 Å². The Hall–Kier alpha value is -5.48. The van der Waals surface area contributed by atoms with Crippen molar-refractivity contribution in [1.82, 2.24) is 15.0 Å². The summed E-state index contributed by atoms with van der Waals surface area (Å²) < 4.78 is 6.01. The van der Waals surface area contributed by atoms with Crippen molar-refractivity contribution in [2.75, 3.05) is 0 Å². The van der Waals surface area contributed by atoms with E-state index in [9.17, 15) is 0 Å². The molecule has 4 aromatic heterocycles. The van der Waals surface area contributed by atoms with Crippen molar-refractivity contribution < 1.29 is 24.5 Å². The molecule has 0 aliphatic carbocycles. The molecule has 0 saturated carbocycles. The largest absolute Gasteiger partial charge is 0.454 e. The van der Waals surface area contributed by atoms with Crippen LogP contribution < -0.4 is 0 Å². The summed E-state index contributed by atoms with van der Waals surface area (Å²) >= 11 is 0. The number of pyridine rings is 3. The van der Waals surface area contributed by atoms with E-state index in [4.69, 9.17) is 4.42 Å². The van der Waals surface area contributed by atoms with Gasteiger partial charge in [-0.2, -0.15) is 0 Å². The van der Waals surface area contributed by atoms with E-state index >= 15 is 0 Å². The van der Waals surface area contributed by atoms with Crippen LogP contribution in [0.4, 0.5) is 0 Å². The zero-order chi connectivity index (χ0) is 30.3. The predicted molar refractivity (Wildman–Crippen MR) is 181 cm³/mol. The Labute approximate surface area is 281 Å². The van der Waals surface area contributed by atoms with Gasteiger partial charge in [0.1, 0.15) is 11.3 Å². The van der Waals surface area contributed by atoms with Gasteiger partial charge in [-0.3, -0.25) is 4.98 Å². The Bertz CT molecular complexity index is 2110. The number of hydrogen-bond acceptors (Lipinski definition) is 4. The Morgan fingerprint density at radius 1 is 0.435 bits per heavy atom. The topological polar surface area (TPSA) is 51.8 Å². The maximum absolute atomic E-state index is 6.01. The fraction of sp³-hybridized carbons (Fsp3) is 0. The van der Waals surface area contributed by atoms with Crippen LogP contribution >= 0.6 is 0 Å². The predicted octanol–water partition coefficient (Wildman–Crippen LogP) is 10.2. The third kappa shape index (κ3) is 7.08. The fourth-order valence-corrected chi connectivity index (χ4v) is 5.11. The van der Waals surface area contributed by atoms with Gasteiger partial charge in [0.05, 0.1) is 0 Å². The second kappa shape index (κ2) is 14.5. The van der Waals surface area contributed by atoms with Crippen LogP contribution in [0.1, 0.15) is 0 Å². The van der Waals surface area contributed by atoms with Crippen LogP contribution in [0, 0.1) is 12.1 Å². The number of hydrogen-bond donors (Lipinski definition) is 0. The molecule has 5 heteroatoms. The molecular formula is C41H27IrN3O-2. The van der Waals surface area contributed by atoms with Gasteiger partial charge >= 0.3 is 0 Å². The fourth-order valence-electron chi connectivity index (χ4n) is 5.11. The molecule has 223 valence electrons. The van der Waals surface area contributed by atoms with Crippen LogP contribution in [0.3, 0.4) is 0 Å². The SMILES string of the molecule is [Ir].[c-]1ccc(-c2ccc3oc(-c4ccccn4)cc3c2)cc1-c1cc(-c2ccccc2)ccn1.[c-]1ccccc1-c1ccccn1. The van der Waals surface area contributed by atoms with Crippen LogP contribution in [-0.2, 0) is 20.1 Å². The summed E-state index contributed by atoms with van der Waals surface area (Å²) in [5.41, 5.74) is 10.1. The van der Waals surface area contributed by atoms with Crippen molar-refractivity contribution in [2.24, 2.45) is 0 Å². The number of rotatable bonds is 5. The van der Waals surface area contributed by atoms with E-state index in [1.54, 1.807) is 12.4 Å². The number of furan rings is 1. The zero-order valence-electron chi connectivity index (χ0n) is 24.7. The van der Waals surface area contributed by atoms with Crippen molar-refractivity contribution in [3.05, 3.63) is 176 Å². The third-order valence-electron chi connectivity index (χ3n) is 7.36. The van der Waals surface area contributed by atoms with Gasteiger partial charge in [0.15, 0.2) is 5.76 Å². The van der Waals surface area contributed by atoms with Gasteiger partial charge in [-0.05, 0) is 70.5 Å². The van der Waals surface area contributed by atoms with Crippen LogP contribution in [0.15, 0.2) is 169 Å². The summed E-state index contributed by atoms with van der Waals surface area (Å²) in [5.74, 6) is 0.770. The first-order valence-electron chi connectivity index (χ1n) is 14.7. The summed E-state index contributed by atoms with van der Waals surface area (Å²) in [5, 5.41) is 1.05. The van der Waals surface area contributed by atoms with Crippen LogP contribution in [0.2, 0.25) is 0 Å². The smallest absolute Gasteiger partial charge is 0.153 e. The third-order valence-corrected chi connectivity index (χ3v) is 7.36. The minimum atomic E-state index is 0. The van der Waals surface area contributed by atoms with Crippen molar-refractivity contribution >= 4 is 11.0 Å². The number of fused-ring (bicyclic) bond motifs is 1. The van der Waals surface area contributed by atoms with E-state index in [1.165, 1.54) is 5.56 Å². The average molecular weight is 770 g/mol. The summed E-state index contributed by atoms with van der Waals surface area (Å²) in [4.78, 5) is 13.2. The van der Waals surface area contributed by atoms with E-state index in [-0.39, 0.29) is 20.1 Å². The van der Waals surface area contributed by atoms with Gasteiger partial charge in [-0.1, -0.05) is 60.7 Å². The molecule has 0 bridgehead atoms. The van der Waals surface area contributed by atoms with Crippen LogP contribution in [0.25, 0.3) is 67.2 Å². The molecule has 8 aromatic rings. The van der Waals surface area contributed by atoms with Crippen molar-refractivity contribution in [2.45, 2.75) is 0 Å². The summed E-state index contributed by atoms with van der Waals surface area (Å²) in [6, 6.07) is 54.9. The second-order valence-corrected chi connectivity index (χ2v) is 10.4. The van der Waals surface area contributed by atoms with E-state index < -0.39 is 0 Å². The van der Waals surface area contributed by atoms with Gasteiger partial charge in [-0.15, -0.1) is 71.3 Å². The summed E-state index contributed by atoms with van der Waals surface area (Å²) in [6.07, 6.45) is 5.42. The summed E-state index contributed by atoms with van der Waals surface area (Å²) in [7, 11) is 0. The first kappa shape index (κ1) is 30.5. The number of aromatic nitrogens is 3. The van der Waals surface area contributed by atoms with Crippen molar-refractivity contribution in [1.29, 1.82) is 0 Å². The van der Waals surface area contributed by atoms with Gasteiger partial charge in [0, 0.05) is 44.1 Å². The Morgan fingerprint density at radius 2 is 1.13 bits per heavy atom. The molecule has 0 atom stereocenters. The van der Waals surface area contributed by atoms with Crippen LogP contribution in [-0.4, -0.2) is 15.0 Å². The standard InChI is InChI=1S/C30H19N2O.C11H8N.Ir/c1-2-7-21(8-3-1)24-14-16-32-28(19-24)25-10-6-9-22(17-25)23-12-13-29-26(18-23)20-30(33-29)27-11-4-5-15-31-27;1-2-6-10(7-3-1)11-8-4-5-9-12-11;/h1-9,11-20H;1-6,8-9H;/q2*-1;. The molecule has 46 heavy (non-hydrogen) atoms. The molecule has 0 unspecified atom stereocenters. The molecule has 4 nitrogen and oxygen atoms in total. The molecule has 0 fully saturated rings. The Balaban J connectivity index is 0.000000241. The monoisotopic (exact) mass is 770 g/mol. The van der Waals surface area contributed by atoms with Gasteiger partial charge in [0.25, 0.3) is 0 Å². The minimum absolute atomic E-state index is 0. The molecule has 0 saturated heterocycles. The summed E-state index contributed by atoms with van der Waals surface area (Å²) in [6.45, 7) is 0. The van der Waals surface area contributed by atoms with Gasteiger partial charge in [-0.25, -0.2) is 0 Å². The quantitative estimate of drug-likeness (QED) is 0.164.